The van der Waals surface area contributed by atoms with E-state index in [0.29, 0.717) is 6.42 Å². The van der Waals surface area contributed by atoms with E-state index in [1.165, 1.54) is 0 Å². The smallest absolute Gasteiger partial charge is 0.327 e. The molecule has 0 saturated heterocycles. The van der Waals surface area contributed by atoms with Crippen LogP contribution in [0, 0.1) is 6.92 Å². The standard InChI is InChI=1S/C13H14N2O2/c1-9-14-11-8-10(4-3-5-13(16)17)6-7-12(11)15(9)2/h3,5-8H,4H2,1-2H3,(H,16,17)/b5-3+. The minimum Gasteiger partial charge on any atom is -0.478 e. The zero-order chi connectivity index (χ0) is 12.4. The minimum atomic E-state index is -0.917. The van der Waals surface area contributed by atoms with Crippen molar-refractivity contribution < 1.29 is 9.90 Å². The summed E-state index contributed by atoms with van der Waals surface area (Å²) in [5, 5.41) is 8.50. The summed E-state index contributed by atoms with van der Waals surface area (Å²) < 4.78 is 2.03. The molecule has 0 spiro atoms. The molecule has 0 saturated carbocycles. The SMILES string of the molecule is Cc1nc2cc(C/C=C/C(=O)O)ccc2n1C. The van der Waals surface area contributed by atoms with E-state index in [1.807, 2.05) is 36.7 Å². The molecule has 0 atom stereocenters. The Balaban J connectivity index is 2.29. The summed E-state index contributed by atoms with van der Waals surface area (Å²) in [7, 11) is 1.98. The van der Waals surface area contributed by atoms with Crippen LogP contribution in [0.15, 0.2) is 30.4 Å². The van der Waals surface area contributed by atoms with Crippen LogP contribution in [0.4, 0.5) is 0 Å². The Morgan fingerprint density at radius 3 is 3.00 bits per heavy atom. The number of carbonyl (C=O) groups is 1. The lowest BCUT2D eigenvalue weighted by Gasteiger charge is -1.98. The summed E-state index contributed by atoms with van der Waals surface area (Å²) in [5.41, 5.74) is 3.10. The van der Waals surface area contributed by atoms with E-state index in [2.05, 4.69) is 4.98 Å². The van der Waals surface area contributed by atoms with Crippen LogP contribution in [0.3, 0.4) is 0 Å². The lowest BCUT2D eigenvalue weighted by molar-refractivity contribution is -0.131. The third kappa shape index (κ3) is 2.36. The van der Waals surface area contributed by atoms with Crippen molar-refractivity contribution in [3.8, 4) is 0 Å². The first-order valence-electron chi connectivity index (χ1n) is 5.39. The second kappa shape index (κ2) is 4.41. The number of benzene rings is 1. The topological polar surface area (TPSA) is 55.1 Å². The Morgan fingerprint density at radius 2 is 2.29 bits per heavy atom. The number of nitrogens with zero attached hydrogens (tertiary/aromatic N) is 2. The maximum Gasteiger partial charge on any atom is 0.327 e. The highest BCUT2D eigenvalue weighted by molar-refractivity contribution is 5.80. The predicted molar refractivity (Wildman–Crippen MR) is 65.9 cm³/mol. The highest BCUT2D eigenvalue weighted by Crippen LogP contribution is 2.16. The van der Waals surface area contributed by atoms with Gasteiger partial charge in [-0.1, -0.05) is 12.1 Å². The molecule has 1 N–H and O–H groups in total. The van der Waals surface area contributed by atoms with Gasteiger partial charge >= 0.3 is 5.97 Å². The molecular weight excluding hydrogens is 216 g/mol. The van der Waals surface area contributed by atoms with Crippen molar-refractivity contribution in [2.24, 2.45) is 7.05 Å². The lowest BCUT2D eigenvalue weighted by atomic mass is 10.1. The van der Waals surface area contributed by atoms with Gasteiger partial charge in [0.2, 0.25) is 0 Å². The number of carboxylic acid groups (broad SMARTS) is 1. The molecule has 1 aromatic carbocycles. The van der Waals surface area contributed by atoms with E-state index in [9.17, 15) is 4.79 Å². The quantitative estimate of drug-likeness (QED) is 0.821. The van der Waals surface area contributed by atoms with Gasteiger partial charge in [0.05, 0.1) is 11.0 Å². The Hall–Kier alpha value is -2.10. The number of rotatable bonds is 3. The fourth-order valence-corrected chi connectivity index (χ4v) is 1.79. The fraction of sp³-hybridized carbons (Fsp3) is 0.231. The molecule has 17 heavy (non-hydrogen) atoms. The van der Waals surface area contributed by atoms with Gasteiger partial charge in [-0.2, -0.15) is 0 Å². The van der Waals surface area contributed by atoms with E-state index in [-0.39, 0.29) is 0 Å². The predicted octanol–water partition coefficient (Wildman–Crippen LogP) is 2.07. The molecule has 0 aliphatic carbocycles. The number of hydrogen-bond acceptors (Lipinski definition) is 2. The van der Waals surface area contributed by atoms with Crippen molar-refractivity contribution >= 4 is 17.0 Å². The van der Waals surface area contributed by atoms with Gasteiger partial charge in [-0.25, -0.2) is 9.78 Å². The van der Waals surface area contributed by atoms with Crippen LogP contribution in [-0.4, -0.2) is 20.6 Å². The monoisotopic (exact) mass is 230 g/mol. The van der Waals surface area contributed by atoms with E-state index >= 15 is 0 Å². The molecule has 2 aromatic rings. The van der Waals surface area contributed by atoms with E-state index < -0.39 is 5.97 Å². The average Bonchev–Trinajstić information content (AvgIpc) is 2.54. The number of aliphatic carboxylic acids is 1. The Morgan fingerprint density at radius 1 is 1.53 bits per heavy atom. The number of hydrogen-bond donors (Lipinski definition) is 1. The van der Waals surface area contributed by atoms with Crippen LogP contribution in [0.2, 0.25) is 0 Å². The van der Waals surface area contributed by atoms with E-state index in [4.69, 9.17) is 5.11 Å². The summed E-state index contributed by atoms with van der Waals surface area (Å²) in [6, 6.07) is 6.00. The second-order valence-electron chi connectivity index (χ2n) is 3.99. The van der Waals surface area contributed by atoms with Crippen molar-refractivity contribution in [2.45, 2.75) is 13.3 Å². The zero-order valence-corrected chi connectivity index (χ0v) is 9.84. The molecule has 4 heteroatoms. The summed E-state index contributed by atoms with van der Waals surface area (Å²) in [4.78, 5) is 14.8. The Bertz CT molecular complexity index is 597. The summed E-state index contributed by atoms with van der Waals surface area (Å²) in [6.07, 6.45) is 3.41. The Kier molecular flexibility index (Phi) is 2.95. The third-order valence-corrected chi connectivity index (χ3v) is 2.78. The van der Waals surface area contributed by atoms with Crippen LogP contribution in [-0.2, 0) is 18.3 Å². The molecule has 88 valence electrons. The van der Waals surface area contributed by atoms with Crippen molar-refractivity contribution in [1.82, 2.24) is 9.55 Å². The number of allylic oxidation sites excluding steroid dienone is 1. The number of aryl methyl sites for hydroxylation is 2. The second-order valence-corrected chi connectivity index (χ2v) is 3.99. The highest BCUT2D eigenvalue weighted by atomic mass is 16.4. The van der Waals surface area contributed by atoms with E-state index in [0.717, 1.165) is 28.5 Å². The first-order chi connectivity index (χ1) is 8.08. The molecule has 0 bridgehead atoms. The number of carboxylic acids is 1. The number of fused-ring (bicyclic) bond motifs is 1. The van der Waals surface area contributed by atoms with Gasteiger partial charge in [0, 0.05) is 13.1 Å². The van der Waals surface area contributed by atoms with Crippen LogP contribution in [0.25, 0.3) is 11.0 Å². The largest absolute Gasteiger partial charge is 0.478 e. The van der Waals surface area contributed by atoms with Gasteiger partial charge in [0.15, 0.2) is 0 Å². The van der Waals surface area contributed by atoms with Crippen molar-refractivity contribution in [2.75, 3.05) is 0 Å². The van der Waals surface area contributed by atoms with Gasteiger partial charge in [0.25, 0.3) is 0 Å². The van der Waals surface area contributed by atoms with E-state index in [1.54, 1.807) is 6.08 Å². The zero-order valence-electron chi connectivity index (χ0n) is 9.84. The maximum atomic E-state index is 10.3. The molecule has 0 aliphatic heterocycles. The normalized spacial score (nSPS) is 11.4. The highest BCUT2D eigenvalue weighted by Gasteiger charge is 2.03. The molecule has 0 amide bonds. The molecular formula is C13H14N2O2. The summed E-state index contributed by atoms with van der Waals surface area (Å²) in [6.45, 7) is 1.96. The van der Waals surface area contributed by atoms with Crippen molar-refractivity contribution in [1.29, 1.82) is 0 Å². The molecule has 0 radical (unpaired) electrons. The number of aromatic nitrogens is 2. The molecule has 1 heterocycles. The average molecular weight is 230 g/mol. The molecule has 0 fully saturated rings. The van der Waals surface area contributed by atoms with Gasteiger partial charge < -0.3 is 9.67 Å². The van der Waals surface area contributed by atoms with Crippen LogP contribution < -0.4 is 0 Å². The van der Waals surface area contributed by atoms with Crippen molar-refractivity contribution in [3.63, 3.8) is 0 Å². The van der Waals surface area contributed by atoms with Crippen LogP contribution in [0.5, 0.6) is 0 Å². The summed E-state index contributed by atoms with van der Waals surface area (Å²) in [5.74, 6) is 0.0537. The van der Waals surface area contributed by atoms with Crippen molar-refractivity contribution in [3.05, 3.63) is 41.7 Å². The van der Waals surface area contributed by atoms with Crippen LogP contribution in [0.1, 0.15) is 11.4 Å². The van der Waals surface area contributed by atoms with Gasteiger partial charge in [-0.3, -0.25) is 0 Å². The molecule has 4 nitrogen and oxygen atoms in total. The van der Waals surface area contributed by atoms with Gasteiger partial charge in [-0.05, 0) is 31.0 Å². The summed E-state index contributed by atoms with van der Waals surface area (Å²) >= 11 is 0. The third-order valence-electron chi connectivity index (χ3n) is 2.78. The first kappa shape index (κ1) is 11.4. The Labute approximate surface area is 99.2 Å². The number of imidazole rings is 1. The molecule has 1 aromatic heterocycles. The molecule has 2 rings (SSSR count). The fourth-order valence-electron chi connectivity index (χ4n) is 1.79. The molecule has 0 aliphatic rings. The minimum absolute atomic E-state index is 0.609. The van der Waals surface area contributed by atoms with Gasteiger partial charge in [0.1, 0.15) is 5.82 Å². The van der Waals surface area contributed by atoms with Crippen LogP contribution >= 0.6 is 0 Å². The first-order valence-corrected chi connectivity index (χ1v) is 5.39. The maximum absolute atomic E-state index is 10.3. The van der Waals surface area contributed by atoms with Gasteiger partial charge in [-0.15, -0.1) is 0 Å². The lowest BCUT2D eigenvalue weighted by Crippen LogP contribution is -1.90. The molecule has 0 unspecified atom stereocenters.